The average molecular weight is 1040 g/mol. The van der Waals surface area contributed by atoms with Crippen LogP contribution < -0.4 is 0 Å². The van der Waals surface area contributed by atoms with Gasteiger partial charge in [0.15, 0.2) is 37.2 Å². The quantitative estimate of drug-likeness (QED) is 0.0251. The number of unbranched alkanes of at least 4 members (excludes halogenated alkanes) is 15. The summed E-state index contributed by atoms with van der Waals surface area (Å²) in [6, 6.07) is 0. The van der Waals surface area contributed by atoms with E-state index in [1.54, 1.807) is 0 Å². The molecule has 0 spiro atoms. The molecule has 3 rings (SSSR count). The van der Waals surface area contributed by atoms with E-state index < -0.39 is 135 Å². The Morgan fingerprint density at radius 3 is 1.69 bits per heavy atom. The van der Waals surface area contributed by atoms with Crippen LogP contribution >= 0.6 is 0 Å². The predicted molar refractivity (Wildman–Crippen MR) is 257 cm³/mol. The molecular weight excluding hydrogens is 949 g/mol. The summed E-state index contributed by atoms with van der Waals surface area (Å²) in [5.41, 5.74) is 0. The van der Waals surface area contributed by atoms with Crippen LogP contribution in [0.2, 0.25) is 0 Å². The van der Waals surface area contributed by atoms with Gasteiger partial charge in [-0.05, 0) is 31.6 Å². The molecule has 0 aromatic heterocycles. The lowest BCUT2D eigenvalue weighted by molar-refractivity contribution is -0.380. The Hall–Kier alpha value is -2.64. The van der Waals surface area contributed by atoms with Crippen molar-refractivity contribution in [1.29, 1.82) is 0 Å². The standard InChI is InChI=1S/C51H90O21/c1-6-7-8-21-24-35(27-34(54)23-20-18-16-14-12-10-9-11-13-15-17-19-22-25-36(55)48(62)63)69-50-46(41(58)37(56)28-65-50)72-51-47(42(59)38(29-66-51)67-32(4)52)71-49-44(61)43(60)45(68-33(5)53)39(70-49)30-64-40(57)26-31(2)3/h31,34-39,41-47,49-51,54-56,58-61H,6-30H2,1-5H3,(H,62,63)/t34?,35?,36?,37-,38-,39-,41+,42+,43-,44-,45-,46-,47-,49+,50+,51+/m1/s1. The highest BCUT2D eigenvalue weighted by molar-refractivity contribution is 5.71. The first-order chi connectivity index (χ1) is 34.3. The second-order valence-corrected chi connectivity index (χ2v) is 20.2. The van der Waals surface area contributed by atoms with Crippen molar-refractivity contribution in [2.24, 2.45) is 5.92 Å². The first-order valence-electron chi connectivity index (χ1n) is 26.7. The molecule has 3 aliphatic rings. The smallest absolute Gasteiger partial charge is 0.332 e. The molecule has 3 aliphatic heterocycles. The fourth-order valence-electron chi connectivity index (χ4n) is 9.17. The van der Waals surface area contributed by atoms with Gasteiger partial charge in [-0.3, -0.25) is 14.4 Å². The van der Waals surface area contributed by atoms with Crippen LogP contribution in [0.5, 0.6) is 0 Å². The second-order valence-electron chi connectivity index (χ2n) is 20.2. The minimum absolute atomic E-state index is 0.0499. The Labute approximate surface area is 425 Å². The van der Waals surface area contributed by atoms with Crippen molar-refractivity contribution in [3.63, 3.8) is 0 Å². The summed E-state index contributed by atoms with van der Waals surface area (Å²) in [4.78, 5) is 47.3. The maximum Gasteiger partial charge on any atom is 0.332 e. The van der Waals surface area contributed by atoms with E-state index in [-0.39, 0.29) is 25.4 Å². The van der Waals surface area contributed by atoms with Gasteiger partial charge in [-0.25, -0.2) is 4.79 Å². The number of carboxylic acid groups (broad SMARTS) is 1. The summed E-state index contributed by atoms with van der Waals surface area (Å²) in [6.07, 6.45) is -4.32. The van der Waals surface area contributed by atoms with Gasteiger partial charge in [0.1, 0.15) is 55.4 Å². The summed E-state index contributed by atoms with van der Waals surface area (Å²) in [7, 11) is 0. The molecule has 8 N–H and O–H groups in total. The second kappa shape index (κ2) is 34.8. The van der Waals surface area contributed by atoms with Gasteiger partial charge >= 0.3 is 23.9 Å². The molecule has 0 amide bonds. The summed E-state index contributed by atoms with van der Waals surface area (Å²) >= 11 is 0. The van der Waals surface area contributed by atoms with Gasteiger partial charge in [0.25, 0.3) is 0 Å². The average Bonchev–Trinajstić information content (AvgIpc) is 3.31. The Morgan fingerprint density at radius 1 is 0.597 bits per heavy atom. The van der Waals surface area contributed by atoms with Gasteiger partial charge in [0.2, 0.25) is 0 Å². The van der Waals surface area contributed by atoms with Crippen LogP contribution in [0.25, 0.3) is 0 Å². The number of hydrogen-bond donors (Lipinski definition) is 8. The van der Waals surface area contributed by atoms with Gasteiger partial charge in [-0.1, -0.05) is 130 Å². The molecule has 0 aromatic carbocycles. The van der Waals surface area contributed by atoms with E-state index in [2.05, 4.69) is 6.92 Å². The van der Waals surface area contributed by atoms with E-state index >= 15 is 0 Å². The number of aliphatic hydroxyl groups excluding tert-OH is 7. The van der Waals surface area contributed by atoms with Crippen molar-refractivity contribution in [3.05, 3.63) is 0 Å². The SMILES string of the molecule is CCCCCCC(CC(O)CCCCCCCCCCCCCCCC(O)C(=O)O)O[C@@H]1OC[C@@H](O)[C@H](O)[C@H]1O[C@@H]1OC[C@@H](OC(C)=O)[C@H](O)[C@H]1O[C@@H]1O[C@H](COC(=O)CC(C)C)[C@@H](OC(C)=O)[C@H](O)[C@H]1O. The number of aliphatic carboxylic acids is 1. The number of hydrogen-bond acceptors (Lipinski definition) is 20. The molecule has 3 saturated heterocycles. The number of carboxylic acids is 1. The topological polar surface area (TPSA) is 313 Å². The minimum atomic E-state index is -1.94. The van der Waals surface area contributed by atoms with E-state index in [4.69, 9.17) is 47.7 Å². The van der Waals surface area contributed by atoms with Crippen LogP contribution in [0, 0.1) is 5.92 Å². The molecule has 3 unspecified atom stereocenters. The molecule has 21 nitrogen and oxygen atoms in total. The number of rotatable bonds is 36. The van der Waals surface area contributed by atoms with Gasteiger partial charge in [0, 0.05) is 20.3 Å². The van der Waals surface area contributed by atoms with Crippen molar-refractivity contribution in [2.75, 3.05) is 19.8 Å². The summed E-state index contributed by atoms with van der Waals surface area (Å²) in [5.74, 6) is -3.41. The molecule has 16 atom stereocenters. The number of aliphatic hydroxyl groups is 7. The van der Waals surface area contributed by atoms with E-state index in [1.807, 2.05) is 13.8 Å². The molecule has 0 radical (unpaired) electrons. The molecule has 420 valence electrons. The molecule has 0 aromatic rings. The van der Waals surface area contributed by atoms with Crippen molar-refractivity contribution in [2.45, 2.75) is 274 Å². The van der Waals surface area contributed by atoms with Crippen LogP contribution in [0.15, 0.2) is 0 Å². The van der Waals surface area contributed by atoms with Crippen molar-refractivity contribution in [1.82, 2.24) is 0 Å². The lowest BCUT2D eigenvalue weighted by Gasteiger charge is -2.47. The van der Waals surface area contributed by atoms with Crippen LogP contribution in [-0.4, -0.2) is 183 Å². The maximum atomic E-state index is 12.5. The molecule has 72 heavy (non-hydrogen) atoms. The third-order valence-electron chi connectivity index (χ3n) is 13.2. The Morgan fingerprint density at radius 2 is 1.12 bits per heavy atom. The summed E-state index contributed by atoms with van der Waals surface area (Å²) in [6.45, 7) is 6.63. The van der Waals surface area contributed by atoms with Crippen molar-refractivity contribution < 1.29 is 103 Å². The monoisotopic (exact) mass is 1040 g/mol. The first kappa shape index (κ1) is 63.7. The molecule has 3 heterocycles. The van der Waals surface area contributed by atoms with Gasteiger partial charge in [0.05, 0.1) is 25.4 Å². The molecule has 0 saturated carbocycles. The fraction of sp³-hybridized carbons (Fsp3) is 0.922. The highest BCUT2D eigenvalue weighted by Gasteiger charge is 2.53. The third kappa shape index (κ3) is 23.5. The van der Waals surface area contributed by atoms with Crippen LogP contribution in [0.4, 0.5) is 0 Å². The van der Waals surface area contributed by atoms with Gasteiger partial charge in [-0.15, -0.1) is 0 Å². The van der Waals surface area contributed by atoms with E-state index in [0.717, 1.165) is 104 Å². The van der Waals surface area contributed by atoms with E-state index in [0.29, 0.717) is 19.3 Å². The summed E-state index contributed by atoms with van der Waals surface area (Å²) < 4.78 is 52.5. The number of esters is 3. The maximum absolute atomic E-state index is 12.5. The zero-order valence-electron chi connectivity index (χ0n) is 43.4. The Kier molecular flexibility index (Phi) is 30.8. The highest BCUT2D eigenvalue weighted by atomic mass is 16.8. The van der Waals surface area contributed by atoms with E-state index in [9.17, 15) is 54.9 Å². The number of carbonyl (C=O) groups excluding carboxylic acids is 3. The number of ether oxygens (including phenoxy) is 9. The Bertz CT molecular complexity index is 1520. The van der Waals surface area contributed by atoms with Gasteiger partial charge < -0.3 is 83.5 Å². The van der Waals surface area contributed by atoms with Crippen LogP contribution in [0.3, 0.4) is 0 Å². The number of carbonyl (C=O) groups is 4. The molecule has 0 bridgehead atoms. The largest absolute Gasteiger partial charge is 0.479 e. The first-order valence-corrected chi connectivity index (χ1v) is 26.7. The lowest BCUT2D eigenvalue weighted by atomic mass is 9.98. The fourth-order valence-corrected chi connectivity index (χ4v) is 9.17. The molecule has 3 fully saturated rings. The minimum Gasteiger partial charge on any atom is -0.479 e. The predicted octanol–water partition coefficient (Wildman–Crippen LogP) is 3.86. The van der Waals surface area contributed by atoms with E-state index in [1.165, 1.54) is 19.3 Å². The van der Waals surface area contributed by atoms with Crippen LogP contribution in [0.1, 0.15) is 176 Å². The molecule has 21 heteroatoms. The van der Waals surface area contributed by atoms with Crippen LogP contribution in [-0.2, 0) is 61.8 Å². The highest BCUT2D eigenvalue weighted by Crippen LogP contribution is 2.33. The zero-order valence-corrected chi connectivity index (χ0v) is 43.4. The zero-order chi connectivity index (χ0) is 53.2. The molecule has 0 aliphatic carbocycles. The van der Waals surface area contributed by atoms with Crippen molar-refractivity contribution in [3.8, 4) is 0 Å². The van der Waals surface area contributed by atoms with Crippen molar-refractivity contribution >= 4 is 23.9 Å². The summed E-state index contributed by atoms with van der Waals surface area (Å²) in [5, 5.41) is 85.6. The third-order valence-corrected chi connectivity index (χ3v) is 13.2. The normalized spacial score (nSPS) is 30.1. The van der Waals surface area contributed by atoms with Gasteiger partial charge in [-0.2, -0.15) is 0 Å². The lowest BCUT2D eigenvalue weighted by Crippen LogP contribution is -2.65. The molecular formula is C51H90O21. The Balaban J connectivity index is 1.64.